The Morgan fingerprint density at radius 3 is 2.88 bits per heavy atom. The number of aliphatic imine (C=N–C) groups is 1. The monoisotopic (exact) mass is 230 g/mol. The first kappa shape index (κ1) is 10.6. The highest BCUT2D eigenvalue weighted by Gasteiger charge is 2.37. The molecule has 0 spiro atoms. The Morgan fingerprint density at radius 1 is 1.24 bits per heavy atom. The van der Waals surface area contributed by atoms with Crippen LogP contribution in [0.15, 0.2) is 35.3 Å². The molecule has 0 radical (unpaired) electrons. The summed E-state index contributed by atoms with van der Waals surface area (Å²) < 4.78 is 5.78. The van der Waals surface area contributed by atoms with Crippen molar-refractivity contribution in [3.63, 3.8) is 0 Å². The molecule has 3 rings (SSSR count). The molecular formula is C14H18N2O. The number of benzene rings is 1. The van der Waals surface area contributed by atoms with Crippen molar-refractivity contribution in [3.8, 4) is 0 Å². The Labute approximate surface area is 102 Å². The maximum absolute atomic E-state index is 5.78. The van der Waals surface area contributed by atoms with Crippen molar-refractivity contribution >= 4 is 11.7 Å². The van der Waals surface area contributed by atoms with E-state index in [9.17, 15) is 0 Å². The third-order valence-electron chi connectivity index (χ3n) is 3.83. The molecule has 1 saturated carbocycles. The van der Waals surface area contributed by atoms with Gasteiger partial charge in [0.25, 0.3) is 6.02 Å². The quantitative estimate of drug-likeness (QED) is 0.741. The molecule has 0 bridgehead atoms. The molecule has 0 unspecified atom stereocenters. The van der Waals surface area contributed by atoms with Gasteiger partial charge in [0.05, 0.1) is 12.3 Å². The van der Waals surface area contributed by atoms with Crippen molar-refractivity contribution in [2.24, 2.45) is 10.9 Å². The summed E-state index contributed by atoms with van der Waals surface area (Å²) in [5.41, 5.74) is 0.964. The van der Waals surface area contributed by atoms with Crippen molar-refractivity contribution < 1.29 is 4.74 Å². The van der Waals surface area contributed by atoms with Crippen LogP contribution in [0.5, 0.6) is 0 Å². The first-order valence-corrected chi connectivity index (χ1v) is 6.34. The number of fused-ring (bicyclic) bond motifs is 1. The molecule has 3 nitrogen and oxygen atoms in total. The summed E-state index contributed by atoms with van der Waals surface area (Å²) in [6, 6.07) is 11.4. The Balaban J connectivity index is 1.82. The van der Waals surface area contributed by atoms with Crippen molar-refractivity contribution in [2.75, 3.05) is 13.7 Å². The lowest BCUT2D eigenvalue weighted by Gasteiger charge is -2.36. The summed E-state index contributed by atoms with van der Waals surface area (Å²) in [6.07, 6.45) is 3.90. The molecule has 1 aromatic rings. The van der Waals surface area contributed by atoms with Crippen molar-refractivity contribution in [3.05, 3.63) is 30.3 Å². The van der Waals surface area contributed by atoms with E-state index in [1.165, 1.54) is 19.3 Å². The Hall–Kier alpha value is -1.51. The molecule has 17 heavy (non-hydrogen) atoms. The Bertz CT molecular complexity index is 415. The second kappa shape index (κ2) is 4.40. The normalized spacial score (nSPS) is 30.2. The van der Waals surface area contributed by atoms with Crippen LogP contribution in [-0.4, -0.2) is 30.6 Å². The zero-order valence-electron chi connectivity index (χ0n) is 10.2. The zero-order valence-corrected chi connectivity index (χ0v) is 10.2. The standard InChI is InChI=1S/C14H18N2O/c1-16-13-9-5-6-11(13)10-17-14(16)15-12-7-3-2-4-8-12/h2-4,7-8,11,13H,5-6,9-10H2,1H3/t11-,13-/m1/s1. The van der Waals surface area contributed by atoms with Crippen LogP contribution in [0.2, 0.25) is 0 Å². The molecule has 90 valence electrons. The van der Waals surface area contributed by atoms with Crippen LogP contribution in [0.3, 0.4) is 0 Å². The third-order valence-corrected chi connectivity index (χ3v) is 3.83. The molecule has 1 aliphatic heterocycles. The molecule has 1 aliphatic carbocycles. The molecule has 2 aliphatic rings. The molecule has 3 heteroatoms. The summed E-state index contributed by atoms with van der Waals surface area (Å²) >= 11 is 0. The first-order valence-electron chi connectivity index (χ1n) is 6.34. The number of hydrogen-bond donors (Lipinski definition) is 0. The van der Waals surface area contributed by atoms with Crippen LogP contribution in [-0.2, 0) is 4.74 Å². The minimum atomic E-state index is 0.631. The summed E-state index contributed by atoms with van der Waals surface area (Å²) in [6.45, 7) is 0.834. The smallest absolute Gasteiger partial charge is 0.292 e. The van der Waals surface area contributed by atoms with E-state index < -0.39 is 0 Å². The second-order valence-corrected chi connectivity index (χ2v) is 4.91. The molecule has 0 aromatic heterocycles. The highest BCUT2D eigenvalue weighted by Crippen LogP contribution is 2.33. The lowest BCUT2D eigenvalue weighted by Crippen LogP contribution is -2.47. The van der Waals surface area contributed by atoms with Gasteiger partial charge in [-0.1, -0.05) is 24.6 Å². The average molecular weight is 230 g/mol. The maximum atomic E-state index is 5.78. The van der Waals surface area contributed by atoms with E-state index in [2.05, 4.69) is 16.9 Å². The van der Waals surface area contributed by atoms with Crippen LogP contribution < -0.4 is 0 Å². The zero-order chi connectivity index (χ0) is 11.7. The summed E-state index contributed by atoms with van der Waals surface area (Å²) in [5.74, 6) is 0.703. The molecule has 0 amide bonds. The van der Waals surface area contributed by atoms with E-state index >= 15 is 0 Å². The summed E-state index contributed by atoms with van der Waals surface area (Å²) in [7, 11) is 2.10. The first-order chi connectivity index (χ1) is 8.34. The second-order valence-electron chi connectivity index (χ2n) is 4.91. The van der Waals surface area contributed by atoms with E-state index in [-0.39, 0.29) is 0 Å². The minimum absolute atomic E-state index is 0.631. The van der Waals surface area contributed by atoms with E-state index in [0.717, 1.165) is 18.3 Å². The van der Waals surface area contributed by atoms with Gasteiger partial charge < -0.3 is 9.64 Å². The SMILES string of the molecule is CN1C(=Nc2ccccc2)OC[C@H]2CCC[C@H]21. The van der Waals surface area contributed by atoms with Gasteiger partial charge in [-0.2, -0.15) is 4.99 Å². The number of ether oxygens (including phenoxy) is 1. The van der Waals surface area contributed by atoms with Gasteiger partial charge in [-0.3, -0.25) is 0 Å². The van der Waals surface area contributed by atoms with Gasteiger partial charge in [0.2, 0.25) is 0 Å². The highest BCUT2D eigenvalue weighted by molar-refractivity contribution is 5.78. The fraction of sp³-hybridized carbons (Fsp3) is 0.500. The summed E-state index contributed by atoms with van der Waals surface area (Å²) in [5, 5.41) is 0. The van der Waals surface area contributed by atoms with Gasteiger partial charge in [0, 0.05) is 19.0 Å². The van der Waals surface area contributed by atoms with Gasteiger partial charge in [-0.25, -0.2) is 0 Å². The van der Waals surface area contributed by atoms with Crippen LogP contribution >= 0.6 is 0 Å². The van der Waals surface area contributed by atoms with E-state index in [0.29, 0.717) is 12.0 Å². The maximum Gasteiger partial charge on any atom is 0.292 e. The topological polar surface area (TPSA) is 24.8 Å². The molecule has 1 saturated heterocycles. The number of rotatable bonds is 1. The molecule has 0 N–H and O–H groups in total. The average Bonchev–Trinajstić information content (AvgIpc) is 2.83. The molecular weight excluding hydrogens is 212 g/mol. The van der Waals surface area contributed by atoms with E-state index in [4.69, 9.17) is 4.74 Å². The predicted molar refractivity (Wildman–Crippen MR) is 68.4 cm³/mol. The van der Waals surface area contributed by atoms with Crippen molar-refractivity contribution in [2.45, 2.75) is 25.3 Å². The van der Waals surface area contributed by atoms with Crippen LogP contribution in [0.4, 0.5) is 5.69 Å². The molecule has 2 fully saturated rings. The fourth-order valence-electron chi connectivity index (χ4n) is 2.87. The van der Waals surface area contributed by atoms with Gasteiger partial charge in [0.15, 0.2) is 0 Å². The van der Waals surface area contributed by atoms with Crippen LogP contribution in [0.25, 0.3) is 0 Å². The number of nitrogens with zero attached hydrogens (tertiary/aromatic N) is 2. The number of hydrogen-bond acceptors (Lipinski definition) is 2. The summed E-state index contributed by atoms with van der Waals surface area (Å²) in [4.78, 5) is 6.80. The Kier molecular flexibility index (Phi) is 2.75. The largest absolute Gasteiger partial charge is 0.465 e. The van der Waals surface area contributed by atoms with Gasteiger partial charge in [-0.15, -0.1) is 0 Å². The van der Waals surface area contributed by atoms with Crippen molar-refractivity contribution in [1.82, 2.24) is 4.90 Å². The number of amidine groups is 1. The van der Waals surface area contributed by atoms with Gasteiger partial charge in [0.1, 0.15) is 0 Å². The lowest BCUT2D eigenvalue weighted by molar-refractivity contribution is 0.0987. The third kappa shape index (κ3) is 2.02. The van der Waals surface area contributed by atoms with Gasteiger partial charge in [-0.05, 0) is 25.0 Å². The molecule has 1 heterocycles. The predicted octanol–water partition coefficient (Wildman–Crippen LogP) is 2.80. The van der Waals surface area contributed by atoms with Gasteiger partial charge >= 0.3 is 0 Å². The van der Waals surface area contributed by atoms with Crippen LogP contribution in [0.1, 0.15) is 19.3 Å². The fourth-order valence-corrected chi connectivity index (χ4v) is 2.87. The lowest BCUT2D eigenvalue weighted by atomic mass is 10.0. The van der Waals surface area contributed by atoms with E-state index in [1.54, 1.807) is 0 Å². The van der Waals surface area contributed by atoms with Crippen molar-refractivity contribution in [1.29, 1.82) is 0 Å². The highest BCUT2D eigenvalue weighted by atomic mass is 16.5. The Morgan fingerprint density at radius 2 is 2.06 bits per heavy atom. The minimum Gasteiger partial charge on any atom is -0.465 e. The molecule has 2 atom stereocenters. The molecule has 1 aromatic carbocycles. The van der Waals surface area contributed by atoms with Crippen LogP contribution in [0, 0.1) is 5.92 Å². The van der Waals surface area contributed by atoms with E-state index in [1.807, 2.05) is 30.3 Å². The number of para-hydroxylation sites is 1.